The van der Waals surface area contributed by atoms with E-state index in [2.05, 4.69) is 0 Å². The van der Waals surface area contributed by atoms with Gasteiger partial charge in [-0.15, -0.1) is 0 Å². The van der Waals surface area contributed by atoms with Crippen LogP contribution in [-0.4, -0.2) is 57.8 Å². The molecule has 0 atom stereocenters. The number of furan rings is 1. The maximum atomic E-state index is 10.8. The molecule has 1 aromatic heterocycles. The summed E-state index contributed by atoms with van der Waals surface area (Å²) < 4.78 is 25.5. The summed E-state index contributed by atoms with van der Waals surface area (Å²) in [5, 5.41) is 8.82. The highest BCUT2D eigenvalue weighted by atomic mass is 16.6. The Labute approximate surface area is 117 Å². The van der Waals surface area contributed by atoms with Gasteiger partial charge in [0.25, 0.3) is 0 Å². The molecule has 0 radical (unpaired) electrons. The van der Waals surface area contributed by atoms with E-state index in [1.165, 1.54) is 6.26 Å². The van der Waals surface area contributed by atoms with E-state index in [0.717, 1.165) is 0 Å². The predicted molar refractivity (Wildman–Crippen MR) is 68.8 cm³/mol. The number of aromatic carboxylic acids is 1. The van der Waals surface area contributed by atoms with Crippen LogP contribution in [0.4, 0.5) is 0 Å². The minimum atomic E-state index is -1.10. The second-order valence-corrected chi connectivity index (χ2v) is 3.85. The summed E-state index contributed by atoms with van der Waals surface area (Å²) in [6.07, 6.45) is 1.33. The molecule has 0 fully saturated rings. The summed E-state index contributed by atoms with van der Waals surface area (Å²) in [6.45, 7) is 3.10. The van der Waals surface area contributed by atoms with Crippen molar-refractivity contribution in [1.29, 1.82) is 0 Å². The zero-order valence-electron chi connectivity index (χ0n) is 11.5. The summed E-state index contributed by atoms with van der Waals surface area (Å²) in [7, 11) is 1.62. The Morgan fingerprint density at radius 1 is 1.10 bits per heavy atom. The van der Waals surface area contributed by atoms with Crippen molar-refractivity contribution in [1.82, 2.24) is 0 Å². The standard InChI is InChI=1S/C13H20O7/c1-16-4-5-17-6-7-18-8-9-19-10-11-2-3-20-12(11)13(14)15/h2-3H,4-10H2,1H3,(H,14,15). The van der Waals surface area contributed by atoms with Crippen LogP contribution in [0.5, 0.6) is 0 Å². The molecule has 0 aromatic carbocycles. The number of rotatable bonds is 12. The van der Waals surface area contributed by atoms with Gasteiger partial charge >= 0.3 is 5.97 Å². The van der Waals surface area contributed by atoms with E-state index in [4.69, 9.17) is 28.5 Å². The fourth-order valence-corrected chi connectivity index (χ4v) is 1.40. The molecule has 0 spiro atoms. The smallest absolute Gasteiger partial charge is 0.372 e. The lowest BCUT2D eigenvalue weighted by atomic mass is 10.2. The van der Waals surface area contributed by atoms with Crippen molar-refractivity contribution in [3.8, 4) is 0 Å². The van der Waals surface area contributed by atoms with Gasteiger partial charge in [0.05, 0.1) is 52.5 Å². The SMILES string of the molecule is COCCOCCOCCOCc1ccoc1C(=O)O. The van der Waals surface area contributed by atoms with Crippen molar-refractivity contribution < 1.29 is 33.3 Å². The lowest BCUT2D eigenvalue weighted by molar-refractivity contribution is 0.000646. The molecule has 0 aliphatic rings. The van der Waals surface area contributed by atoms with E-state index in [0.29, 0.717) is 45.2 Å². The lowest BCUT2D eigenvalue weighted by Crippen LogP contribution is -2.11. The molecule has 0 bridgehead atoms. The summed E-state index contributed by atoms with van der Waals surface area (Å²) >= 11 is 0. The lowest BCUT2D eigenvalue weighted by Gasteiger charge is -2.06. The number of carboxylic acids is 1. The predicted octanol–water partition coefficient (Wildman–Crippen LogP) is 1.17. The first-order valence-electron chi connectivity index (χ1n) is 6.27. The van der Waals surface area contributed by atoms with Gasteiger partial charge < -0.3 is 28.5 Å². The molecule has 1 rings (SSSR count). The first-order chi connectivity index (χ1) is 9.75. The molecule has 20 heavy (non-hydrogen) atoms. The Kier molecular flexibility index (Phi) is 8.64. The Balaban J connectivity index is 1.97. The highest BCUT2D eigenvalue weighted by Gasteiger charge is 2.13. The molecule has 7 heteroatoms. The third-order valence-corrected chi connectivity index (χ3v) is 2.37. The zero-order valence-corrected chi connectivity index (χ0v) is 11.5. The van der Waals surface area contributed by atoms with Crippen LogP contribution in [-0.2, 0) is 25.6 Å². The van der Waals surface area contributed by atoms with Gasteiger partial charge in [0, 0.05) is 12.7 Å². The minimum absolute atomic E-state index is 0.0857. The summed E-state index contributed by atoms with van der Waals surface area (Å²) in [6, 6.07) is 1.58. The van der Waals surface area contributed by atoms with Gasteiger partial charge in [-0.3, -0.25) is 0 Å². The van der Waals surface area contributed by atoms with E-state index in [1.54, 1.807) is 13.2 Å². The van der Waals surface area contributed by atoms with Crippen molar-refractivity contribution in [3.05, 3.63) is 23.7 Å². The van der Waals surface area contributed by atoms with Crippen LogP contribution in [0.25, 0.3) is 0 Å². The summed E-state index contributed by atoms with van der Waals surface area (Å²) in [4.78, 5) is 10.8. The van der Waals surface area contributed by atoms with Gasteiger partial charge in [0.15, 0.2) is 0 Å². The van der Waals surface area contributed by atoms with Crippen LogP contribution in [0, 0.1) is 0 Å². The molecular weight excluding hydrogens is 268 g/mol. The van der Waals surface area contributed by atoms with Gasteiger partial charge in [-0.1, -0.05) is 0 Å². The van der Waals surface area contributed by atoms with Crippen molar-refractivity contribution in [3.63, 3.8) is 0 Å². The summed E-state index contributed by atoms with van der Waals surface area (Å²) in [5.41, 5.74) is 0.514. The van der Waals surface area contributed by atoms with E-state index >= 15 is 0 Å². The number of hydrogen-bond donors (Lipinski definition) is 1. The molecule has 1 heterocycles. The van der Waals surface area contributed by atoms with Gasteiger partial charge in [-0.25, -0.2) is 4.79 Å². The third kappa shape index (κ3) is 6.67. The van der Waals surface area contributed by atoms with Crippen molar-refractivity contribution in [2.75, 3.05) is 46.8 Å². The monoisotopic (exact) mass is 288 g/mol. The highest BCUT2D eigenvalue weighted by Crippen LogP contribution is 2.11. The van der Waals surface area contributed by atoms with E-state index in [-0.39, 0.29) is 12.4 Å². The Bertz CT molecular complexity index is 375. The van der Waals surface area contributed by atoms with Crippen LogP contribution < -0.4 is 0 Å². The number of ether oxygens (including phenoxy) is 4. The molecule has 114 valence electrons. The number of carboxylic acid groups (broad SMARTS) is 1. The van der Waals surface area contributed by atoms with E-state index in [1.807, 2.05) is 0 Å². The molecule has 0 amide bonds. The first-order valence-corrected chi connectivity index (χ1v) is 6.27. The largest absolute Gasteiger partial charge is 0.475 e. The topological polar surface area (TPSA) is 87.4 Å². The molecule has 0 aliphatic carbocycles. The molecule has 0 aliphatic heterocycles. The van der Waals surface area contributed by atoms with Gasteiger partial charge in [-0.2, -0.15) is 0 Å². The molecule has 0 unspecified atom stereocenters. The molecule has 1 N–H and O–H groups in total. The van der Waals surface area contributed by atoms with E-state index in [9.17, 15) is 4.79 Å². The van der Waals surface area contributed by atoms with Crippen LogP contribution in [0.3, 0.4) is 0 Å². The molecule has 7 nitrogen and oxygen atoms in total. The summed E-state index contributed by atoms with van der Waals surface area (Å²) in [5.74, 6) is -1.18. The second kappa shape index (κ2) is 10.4. The second-order valence-electron chi connectivity index (χ2n) is 3.85. The number of carbonyl (C=O) groups is 1. The molecule has 1 aromatic rings. The van der Waals surface area contributed by atoms with Gasteiger partial charge in [0.2, 0.25) is 5.76 Å². The minimum Gasteiger partial charge on any atom is -0.475 e. The Morgan fingerprint density at radius 2 is 1.70 bits per heavy atom. The quantitative estimate of drug-likeness (QED) is 0.578. The number of hydrogen-bond acceptors (Lipinski definition) is 6. The highest BCUT2D eigenvalue weighted by molar-refractivity contribution is 5.85. The molecular formula is C13H20O7. The fraction of sp³-hybridized carbons (Fsp3) is 0.615. The maximum Gasteiger partial charge on any atom is 0.372 e. The van der Waals surface area contributed by atoms with Crippen LogP contribution in [0.2, 0.25) is 0 Å². The fourth-order valence-electron chi connectivity index (χ4n) is 1.40. The average molecular weight is 288 g/mol. The Hall–Kier alpha value is -1.41. The molecule has 0 saturated carbocycles. The number of methoxy groups -OCH3 is 1. The third-order valence-electron chi connectivity index (χ3n) is 2.37. The van der Waals surface area contributed by atoms with Crippen LogP contribution >= 0.6 is 0 Å². The molecule has 0 saturated heterocycles. The zero-order chi connectivity index (χ0) is 14.6. The Morgan fingerprint density at radius 3 is 2.30 bits per heavy atom. The average Bonchev–Trinajstić information content (AvgIpc) is 2.89. The van der Waals surface area contributed by atoms with Gasteiger partial charge in [0.1, 0.15) is 0 Å². The van der Waals surface area contributed by atoms with Crippen LogP contribution in [0.15, 0.2) is 16.7 Å². The maximum absolute atomic E-state index is 10.8. The van der Waals surface area contributed by atoms with E-state index < -0.39 is 5.97 Å². The first kappa shape index (κ1) is 16.6. The van der Waals surface area contributed by atoms with Gasteiger partial charge in [-0.05, 0) is 6.07 Å². The van der Waals surface area contributed by atoms with Crippen molar-refractivity contribution in [2.45, 2.75) is 6.61 Å². The normalized spacial score (nSPS) is 10.8. The van der Waals surface area contributed by atoms with Crippen molar-refractivity contribution >= 4 is 5.97 Å². The van der Waals surface area contributed by atoms with Crippen molar-refractivity contribution in [2.24, 2.45) is 0 Å². The van der Waals surface area contributed by atoms with Crippen LogP contribution in [0.1, 0.15) is 16.1 Å².